The minimum absolute atomic E-state index is 0.201. The van der Waals surface area contributed by atoms with E-state index in [0.717, 1.165) is 18.7 Å². The molecule has 160 valence electrons. The van der Waals surface area contributed by atoms with Gasteiger partial charge in [0.2, 0.25) is 0 Å². The summed E-state index contributed by atoms with van der Waals surface area (Å²) in [7, 11) is 0. The van der Waals surface area contributed by atoms with E-state index in [4.69, 9.17) is 18.9 Å². The minimum atomic E-state index is -1.21. The molecule has 10 heteroatoms. The summed E-state index contributed by atoms with van der Waals surface area (Å²) < 4.78 is 21.3. The molecule has 0 radical (unpaired) electrons. The molecular formula is C20H21NO9. The first-order valence-corrected chi connectivity index (χ1v) is 9.27. The summed E-state index contributed by atoms with van der Waals surface area (Å²) in [6.07, 6.45) is -3.36. The molecule has 1 aromatic carbocycles. The predicted octanol–water partition coefficient (Wildman–Crippen LogP) is 0.476. The van der Waals surface area contributed by atoms with Crippen LogP contribution >= 0.6 is 0 Å². The number of benzene rings is 1. The van der Waals surface area contributed by atoms with Crippen LogP contribution < -0.4 is 0 Å². The minimum Gasteiger partial charge on any atom is -0.463 e. The number of hydrogen-bond donors (Lipinski definition) is 0. The third-order valence-electron chi connectivity index (χ3n) is 4.76. The van der Waals surface area contributed by atoms with E-state index < -0.39 is 54.1 Å². The van der Waals surface area contributed by atoms with Gasteiger partial charge in [0, 0.05) is 20.8 Å². The number of hydrogen-bond acceptors (Lipinski definition) is 9. The molecule has 1 saturated heterocycles. The molecular weight excluding hydrogens is 398 g/mol. The van der Waals surface area contributed by atoms with E-state index in [0.29, 0.717) is 0 Å². The van der Waals surface area contributed by atoms with Crippen LogP contribution in [0, 0.1) is 0 Å². The Bertz CT molecular complexity index is 861. The number of ether oxygens (including phenoxy) is 4. The van der Waals surface area contributed by atoms with Crippen LogP contribution in [-0.2, 0) is 33.3 Å². The SMILES string of the molecule is CC(=O)OCC1OCC(N2C(=O)c3ccccc3C2=O)C(OC(C)=O)C1OC(C)=O. The van der Waals surface area contributed by atoms with Crippen LogP contribution in [-0.4, -0.2) is 72.2 Å². The Balaban J connectivity index is 1.95. The fourth-order valence-corrected chi connectivity index (χ4v) is 3.59. The number of carbonyl (C=O) groups excluding carboxylic acids is 5. The van der Waals surface area contributed by atoms with Gasteiger partial charge in [0.1, 0.15) is 18.8 Å². The van der Waals surface area contributed by atoms with Crippen molar-refractivity contribution in [1.29, 1.82) is 0 Å². The van der Waals surface area contributed by atoms with Gasteiger partial charge in [-0.15, -0.1) is 0 Å². The van der Waals surface area contributed by atoms with Crippen molar-refractivity contribution in [2.45, 2.75) is 45.1 Å². The van der Waals surface area contributed by atoms with Crippen LogP contribution in [0.2, 0.25) is 0 Å². The van der Waals surface area contributed by atoms with Crippen molar-refractivity contribution in [2.24, 2.45) is 0 Å². The first-order chi connectivity index (χ1) is 14.2. The molecule has 2 amide bonds. The molecule has 0 N–H and O–H groups in total. The standard InChI is InChI=1S/C20H21NO9/c1-10(22)27-9-16-18(30-12(3)24)17(29-11(2)23)15(8-28-16)21-19(25)13-6-4-5-7-14(13)20(21)26/h4-7,15-18H,8-9H2,1-3H3. The van der Waals surface area contributed by atoms with Crippen molar-refractivity contribution < 1.29 is 42.9 Å². The molecule has 30 heavy (non-hydrogen) atoms. The van der Waals surface area contributed by atoms with E-state index in [2.05, 4.69) is 0 Å². The highest BCUT2D eigenvalue weighted by Gasteiger charge is 2.52. The highest BCUT2D eigenvalue weighted by molar-refractivity contribution is 6.21. The number of esters is 3. The van der Waals surface area contributed by atoms with Crippen molar-refractivity contribution in [3.05, 3.63) is 35.4 Å². The van der Waals surface area contributed by atoms with Crippen LogP contribution in [0.25, 0.3) is 0 Å². The van der Waals surface area contributed by atoms with Crippen LogP contribution in [0.1, 0.15) is 41.5 Å². The third-order valence-corrected chi connectivity index (χ3v) is 4.76. The predicted molar refractivity (Wildman–Crippen MR) is 98.2 cm³/mol. The summed E-state index contributed by atoms with van der Waals surface area (Å²) >= 11 is 0. The van der Waals surface area contributed by atoms with E-state index in [9.17, 15) is 24.0 Å². The van der Waals surface area contributed by atoms with E-state index >= 15 is 0 Å². The van der Waals surface area contributed by atoms with E-state index in [-0.39, 0.29) is 24.3 Å². The first kappa shape index (κ1) is 21.4. The largest absolute Gasteiger partial charge is 0.463 e. The van der Waals surface area contributed by atoms with Gasteiger partial charge in [0.25, 0.3) is 11.8 Å². The topological polar surface area (TPSA) is 126 Å². The molecule has 2 heterocycles. The number of rotatable bonds is 5. The number of nitrogens with zero attached hydrogens (tertiary/aromatic N) is 1. The monoisotopic (exact) mass is 419 g/mol. The first-order valence-electron chi connectivity index (χ1n) is 9.27. The molecule has 2 aliphatic heterocycles. The lowest BCUT2D eigenvalue weighted by Crippen LogP contribution is -2.63. The lowest BCUT2D eigenvalue weighted by atomic mass is 9.96. The van der Waals surface area contributed by atoms with E-state index in [1.54, 1.807) is 12.1 Å². The average molecular weight is 419 g/mol. The van der Waals surface area contributed by atoms with Gasteiger partial charge in [0.05, 0.1) is 17.7 Å². The van der Waals surface area contributed by atoms with Crippen LogP contribution in [0.15, 0.2) is 24.3 Å². The quantitative estimate of drug-likeness (QED) is 0.380. The molecule has 10 nitrogen and oxygen atoms in total. The Labute approximate surface area is 172 Å². The van der Waals surface area contributed by atoms with Gasteiger partial charge in [-0.05, 0) is 12.1 Å². The van der Waals surface area contributed by atoms with E-state index in [1.165, 1.54) is 19.1 Å². The number of carbonyl (C=O) groups is 5. The zero-order valence-electron chi connectivity index (χ0n) is 16.7. The second kappa shape index (κ2) is 8.62. The number of imide groups is 1. The Morgan fingerprint density at radius 3 is 1.97 bits per heavy atom. The molecule has 0 aliphatic carbocycles. The summed E-state index contributed by atoms with van der Waals surface area (Å²) in [6, 6.07) is 5.26. The van der Waals surface area contributed by atoms with Crippen molar-refractivity contribution in [3.8, 4) is 0 Å². The van der Waals surface area contributed by atoms with Crippen LogP contribution in [0.4, 0.5) is 0 Å². The molecule has 0 saturated carbocycles. The van der Waals surface area contributed by atoms with E-state index in [1.807, 2.05) is 0 Å². The van der Waals surface area contributed by atoms with Gasteiger partial charge in [-0.1, -0.05) is 12.1 Å². The van der Waals surface area contributed by atoms with Gasteiger partial charge >= 0.3 is 17.9 Å². The Morgan fingerprint density at radius 1 is 0.933 bits per heavy atom. The maximum absolute atomic E-state index is 12.9. The van der Waals surface area contributed by atoms with Gasteiger partial charge in [-0.2, -0.15) is 0 Å². The summed E-state index contributed by atoms with van der Waals surface area (Å²) in [6.45, 7) is 3.04. The lowest BCUT2D eigenvalue weighted by Gasteiger charge is -2.43. The molecule has 0 bridgehead atoms. The van der Waals surface area contributed by atoms with Crippen molar-refractivity contribution in [3.63, 3.8) is 0 Å². The maximum atomic E-state index is 12.9. The molecule has 0 aromatic heterocycles. The lowest BCUT2D eigenvalue weighted by molar-refractivity contribution is -0.211. The van der Waals surface area contributed by atoms with Gasteiger partial charge in [0.15, 0.2) is 12.2 Å². The Hall–Kier alpha value is -3.27. The molecule has 3 rings (SSSR count). The molecule has 4 unspecified atom stereocenters. The van der Waals surface area contributed by atoms with Crippen molar-refractivity contribution >= 4 is 29.7 Å². The summed E-state index contributed by atoms with van der Waals surface area (Å²) in [5, 5.41) is 0. The highest BCUT2D eigenvalue weighted by Crippen LogP contribution is 2.32. The zero-order chi connectivity index (χ0) is 22.0. The Kier molecular flexibility index (Phi) is 6.16. The molecule has 2 aliphatic rings. The van der Waals surface area contributed by atoms with Gasteiger partial charge in [-0.25, -0.2) is 0 Å². The maximum Gasteiger partial charge on any atom is 0.303 e. The second-order valence-electron chi connectivity index (χ2n) is 6.92. The summed E-state index contributed by atoms with van der Waals surface area (Å²) in [4.78, 5) is 61.4. The zero-order valence-corrected chi connectivity index (χ0v) is 16.7. The molecule has 1 aromatic rings. The van der Waals surface area contributed by atoms with Gasteiger partial charge in [-0.3, -0.25) is 28.9 Å². The molecule has 4 atom stereocenters. The molecule has 0 spiro atoms. The average Bonchev–Trinajstić information content (AvgIpc) is 2.92. The van der Waals surface area contributed by atoms with Gasteiger partial charge < -0.3 is 18.9 Å². The fraction of sp³-hybridized carbons (Fsp3) is 0.450. The Morgan fingerprint density at radius 2 is 1.47 bits per heavy atom. The summed E-state index contributed by atoms with van der Waals surface area (Å²) in [5.74, 6) is -3.11. The number of fused-ring (bicyclic) bond motifs is 1. The molecule has 1 fully saturated rings. The van der Waals surface area contributed by atoms with Crippen molar-refractivity contribution in [2.75, 3.05) is 13.2 Å². The second-order valence-corrected chi connectivity index (χ2v) is 6.92. The fourth-order valence-electron chi connectivity index (χ4n) is 3.59. The number of amides is 2. The normalized spacial score (nSPS) is 25.5. The smallest absolute Gasteiger partial charge is 0.303 e. The summed E-state index contributed by atoms with van der Waals surface area (Å²) in [5.41, 5.74) is 0.435. The van der Waals surface area contributed by atoms with Crippen LogP contribution in [0.3, 0.4) is 0 Å². The third kappa shape index (κ3) is 4.18. The highest BCUT2D eigenvalue weighted by atomic mass is 16.6. The van der Waals surface area contributed by atoms with Crippen LogP contribution in [0.5, 0.6) is 0 Å². The van der Waals surface area contributed by atoms with Crippen molar-refractivity contribution in [1.82, 2.24) is 4.90 Å².